The summed E-state index contributed by atoms with van der Waals surface area (Å²) in [6, 6.07) is -0.368. The maximum atomic E-state index is 11.6. The van der Waals surface area contributed by atoms with Crippen molar-refractivity contribution in [2.45, 2.75) is 32.4 Å². The van der Waals surface area contributed by atoms with Crippen LogP contribution in [0.1, 0.15) is 20.3 Å². The summed E-state index contributed by atoms with van der Waals surface area (Å²) in [4.78, 5) is 24.3. The highest BCUT2D eigenvalue weighted by Gasteiger charge is 2.34. The number of amides is 1. The Kier molecular flexibility index (Phi) is 3.03. The van der Waals surface area contributed by atoms with Crippen LogP contribution in [0.2, 0.25) is 0 Å². The van der Waals surface area contributed by atoms with Crippen molar-refractivity contribution in [1.29, 1.82) is 0 Å². The normalized spacial score (nSPS) is 25.0. The summed E-state index contributed by atoms with van der Waals surface area (Å²) in [5.74, 6) is 0.0929. The van der Waals surface area contributed by atoms with E-state index < -0.39 is 0 Å². The summed E-state index contributed by atoms with van der Waals surface area (Å²) >= 11 is 0. The second kappa shape index (κ2) is 3.87. The molecule has 1 saturated heterocycles. The summed E-state index contributed by atoms with van der Waals surface area (Å²) < 4.78 is 0. The Hall–Kier alpha value is -0.900. The SMILES string of the molecule is CN[C@@H]1CCN([C@@H](C)C(C)=O)C1=O. The van der Waals surface area contributed by atoms with Crippen molar-refractivity contribution in [2.24, 2.45) is 0 Å². The molecule has 13 heavy (non-hydrogen) atoms. The Bertz CT molecular complexity index is 228. The van der Waals surface area contributed by atoms with E-state index in [9.17, 15) is 9.59 Å². The summed E-state index contributed by atoms with van der Waals surface area (Å²) in [6.07, 6.45) is 0.799. The number of likely N-dealkylation sites (tertiary alicyclic amines) is 1. The van der Waals surface area contributed by atoms with Crippen molar-refractivity contribution < 1.29 is 9.59 Å². The van der Waals surface area contributed by atoms with E-state index in [1.807, 2.05) is 0 Å². The molecule has 1 rings (SSSR count). The number of carbonyl (C=O) groups is 2. The zero-order chi connectivity index (χ0) is 10.0. The van der Waals surface area contributed by atoms with Crippen LogP contribution < -0.4 is 5.32 Å². The first-order valence-electron chi connectivity index (χ1n) is 4.56. The molecule has 1 amide bonds. The molecule has 0 aliphatic carbocycles. The van der Waals surface area contributed by atoms with Gasteiger partial charge in [-0.2, -0.15) is 0 Å². The van der Waals surface area contributed by atoms with Gasteiger partial charge in [0.25, 0.3) is 0 Å². The van der Waals surface area contributed by atoms with Crippen LogP contribution in [-0.4, -0.2) is 42.3 Å². The van der Waals surface area contributed by atoms with Gasteiger partial charge in [0.15, 0.2) is 5.78 Å². The van der Waals surface area contributed by atoms with Gasteiger partial charge >= 0.3 is 0 Å². The Balaban J connectivity index is 2.64. The van der Waals surface area contributed by atoms with E-state index in [2.05, 4.69) is 5.32 Å². The fraction of sp³-hybridized carbons (Fsp3) is 0.778. The third kappa shape index (κ3) is 1.88. The molecule has 1 aliphatic heterocycles. The van der Waals surface area contributed by atoms with Crippen LogP contribution in [0.3, 0.4) is 0 Å². The average Bonchev–Trinajstić information content (AvgIpc) is 2.45. The van der Waals surface area contributed by atoms with Crippen LogP contribution in [0.4, 0.5) is 0 Å². The molecule has 1 aliphatic rings. The van der Waals surface area contributed by atoms with Crippen LogP contribution in [0.5, 0.6) is 0 Å². The second-order valence-corrected chi connectivity index (χ2v) is 3.45. The lowest BCUT2D eigenvalue weighted by Crippen LogP contribution is -2.43. The third-order valence-corrected chi connectivity index (χ3v) is 2.64. The first-order chi connectivity index (χ1) is 6.07. The number of ketones is 1. The number of likely N-dealkylation sites (N-methyl/N-ethyl adjacent to an activating group) is 1. The van der Waals surface area contributed by atoms with E-state index in [1.165, 1.54) is 6.92 Å². The van der Waals surface area contributed by atoms with Crippen molar-refractivity contribution >= 4 is 11.7 Å². The highest BCUT2D eigenvalue weighted by atomic mass is 16.2. The van der Waals surface area contributed by atoms with E-state index in [0.717, 1.165) is 6.42 Å². The van der Waals surface area contributed by atoms with Crippen LogP contribution >= 0.6 is 0 Å². The summed E-state index contributed by atoms with van der Waals surface area (Å²) in [5.41, 5.74) is 0. The topological polar surface area (TPSA) is 49.4 Å². The van der Waals surface area contributed by atoms with E-state index >= 15 is 0 Å². The highest BCUT2D eigenvalue weighted by molar-refractivity contribution is 5.90. The minimum atomic E-state index is -0.272. The molecule has 74 valence electrons. The highest BCUT2D eigenvalue weighted by Crippen LogP contribution is 2.14. The molecule has 1 fully saturated rings. The maximum Gasteiger partial charge on any atom is 0.240 e. The van der Waals surface area contributed by atoms with E-state index in [1.54, 1.807) is 18.9 Å². The van der Waals surface area contributed by atoms with Gasteiger partial charge in [0.2, 0.25) is 5.91 Å². The van der Waals surface area contributed by atoms with E-state index in [4.69, 9.17) is 0 Å². The van der Waals surface area contributed by atoms with Gasteiger partial charge in [-0.3, -0.25) is 9.59 Å². The molecular formula is C9H16N2O2. The molecular weight excluding hydrogens is 168 g/mol. The van der Waals surface area contributed by atoms with Crippen molar-refractivity contribution in [2.75, 3.05) is 13.6 Å². The number of hydrogen-bond acceptors (Lipinski definition) is 3. The number of rotatable bonds is 3. The number of nitrogens with one attached hydrogen (secondary N) is 1. The molecule has 2 atom stereocenters. The molecule has 0 radical (unpaired) electrons. The van der Waals surface area contributed by atoms with Crippen molar-refractivity contribution in [3.8, 4) is 0 Å². The third-order valence-electron chi connectivity index (χ3n) is 2.64. The monoisotopic (exact) mass is 184 g/mol. The number of Topliss-reactive ketones (excluding diaryl/α,β-unsaturated/α-hetero) is 1. The standard InChI is InChI=1S/C9H16N2O2/c1-6(7(2)12)11-5-4-8(10-3)9(11)13/h6,8,10H,4-5H2,1-3H3/t6-,8+/m0/s1. The maximum absolute atomic E-state index is 11.6. The van der Waals surface area contributed by atoms with Gasteiger partial charge in [-0.25, -0.2) is 0 Å². The molecule has 0 bridgehead atoms. The van der Waals surface area contributed by atoms with Gasteiger partial charge in [0, 0.05) is 6.54 Å². The summed E-state index contributed by atoms with van der Waals surface area (Å²) in [6.45, 7) is 3.98. The minimum absolute atomic E-state index is 0.0464. The van der Waals surface area contributed by atoms with Gasteiger partial charge in [0.05, 0.1) is 12.1 Å². The lowest BCUT2D eigenvalue weighted by atomic mass is 10.2. The Labute approximate surface area is 78.3 Å². The zero-order valence-electron chi connectivity index (χ0n) is 8.33. The lowest BCUT2D eigenvalue weighted by molar-refractivity contribution is -0.136. The average molecular weight is 184 g/mol. The Morgan fingerprint density at radius 2 is 2.31 bits per heavy atom. The van der Waals surface area contributed by atoms with Crippen molar-refractivity contribution in [3.63, 3.8) is 0 Å². The van der Waals surface area contributed by atoms with Gasteiger partial charge < -0.3 is 10.2 Å². The van der Waals surface area contributed by atoms with Gasteiger partial charge in [0.1, 0.15) is 0 Å². The first kappa shape index (κ1) is 10.2. The lowest BCUT2D eigenvalue weighted by Gasteiger charge is -2.22. The molecule has 0 spiro atoms. The molecule has 1 N–H and O–H groups in total. The van der Waals surface area contributed by atoms with Crippen LogP contribution in [0, 0.1) is 0 Å². The van der Waals surface area contributed by atoms with Crippen LogP contribution in [-0.2, 0) is 9.59 Å². The number of nitrogens with zero attached hydrogens (tertiary/aromatic N) is 1. The molecule has 0 aromatic rings. The summed E-state index contributed by atoms with van der Waals surface area (Å²) in [5, 5.41) is 2.93. The minimum Gasteiger partial charge on any atom is -0.332 e. The fourth-order valence-corrected chi connectivity index (χ4v) is 1.57. The first-order valence-corrected chi connectivity index (χ1v) is 4.56. The quantitative estimate of drug-likeness (QED) is 0.660. The predicted octanol–water partition coefficient (Wildman–Crippen LogP) is -0.216. The Morgan fingerprint density at radius 3 is 2.69 bits per heavy atom. The smallest absolute Gasteiger partial charge is 0.240 e. The van der Waals surface area contributed by atoms with Gasteiger partial charge in [-0.15, -0.1) is 0 Å². The van der Waals surface area contributed by atoms with Gasteiger partial charge in [-0.1, -0.05) is 0 Å². The van der Waals surface area contributed by atoms with E-state index in [0.29, 0.717) is 6.54 Å². The van der Waals surface area contributed by atoms with Crippen LogP contribution in [0.15, 0.2) is 0 Å². The van der Waals surface area contributed by atoms with Crippen LogP contribution in [0.25, 0.3) is 0 Å². The molecule has 0 unspecified atom stereocenters. The molecule has 0 aromatic carbocycles. The Morgan fingerprint density at radius 1 is 1.69 bits per heavy atom. The molecule has 4 heteroatoms. The largest absolute Gasteiger partial charge is 0.332 e. The van der Waals surface area contributed by atoms with Crippen molar-refractivity contribution in [1.82, 2.24) is 10.2 Å². The molecule has 0 saturated carbocycles. The zero-order valence-corrected chi connectivity index (χ0v) is 8.33. The molecule has 1 heterocycles. The number of carbonyl (C=O) groups excluding carboxylic acids is 2. The van der Waals surface area contributed by atoms with Crippen molar-refractivity contribution in [3.05, 3.63) is 0 Å². The van der Waals surface area contributed by atoms with E-state index in [-0.39, 0.29) is 23.8 Å². The number of hydrogen-bond donors (Lipinski definition) is 1. The molecule has 4 nitrogen and oxygen atoms in total. The summed E-state index contributed by atoms with van der Waals surface area (Å²) in [7, 11) is 1.77. The fourth-order valence-electron chi connectivity index (χ4n) is 1.57. The van der Waals surface area contributed by atoms with Gasteiger partial charge in [-0.05, 0) is 27.3 Å². The molecule has 0 aromatic heterocycles. The second-order valence-electron chi connectivity index (χ2n) is 3.45. The predicted molar refractivity (Wildman–Crippen MR) is 49.3 cm³/mol.